The number of piperidine rings is 1. The lowest BCUT2D eigenvalue weighted by Gasteiger charge is -2.46. The minimum atomic E-state index is -3.13. The summed E-state index contributed by atoms with van der Waals surface area (Å²) in [6.07, 6.45) is 4.23. The maximum absolute atomic E-state index is 12.1. The van der Waals surface area contributed by atoms with Gasteiger partial charge in [-0.25, -0.2) is 8.42 Å². The molecule has 0 saturated carbocycles. The molecule has 2 saturated heterocycles. The molecule has 4 aliphatic rings. The second kappa shape index (κ2) is 5.09. The summed E-state index contributed by atoms with van der Waals surface area (Å²) >= 11 is 0. The zero-order valence-corrected chi connectivity index (χ0v) is 14.6. The number of benzene rings is 1. The number of fused-ring (bicyclic) bond motifs is 5. The van der Waals surface area contributed by atoms with Crippen LogP contribution >= 0.6 is 0 Å². The third-order valence-electron chi connectivity index (χ3n) is 6.10. The van der Waals surface area contributed by atoms with Crippen LogP contribution in [0.2, 0.25) is 0 Å². The molecule has 3 unspecified atom stereocenters. The van der Waals surface area contributed by atoms with Crippen LogP contribution in [0.1, 0.15) is 30.0 Å². The first-order valence-electron chi connectivity index (χ1n) is 8.64. The molecule has 2 fully saturated rings. The van der Waals surface area contributed by atoms with E-state index in [-0.39, 0.29) is 12.1 Å². The topological polar surface area (TPSA) is 59.1 Å². The minimum Gasteiger partial charge on any atom is -0.454 e. The normalized spacial score (nSPS) is 32.3. The Labute approximate surface area is 142 Å². The number of ether oxygens (including phenoxy) is 2. The molecule has 5 rings (SSSR count). The Hall–Kier alpha value is -1.31. The molecule has 6 nitrogen and oxygen atoms in total. The first-order chi connectivity index (χ1) is 11.5. The second-order valence-electron chi connectivity index (χ2n) is 7.39. The Morgan fingerprint density at radius 1 is 1.17 bits per heavy atom. The molecule has 0 radical (unpaired) electrons. The predicted molar refractivity (Wildman–Crippen MR) is 88.6 cm³/mol. The van der Waals surface area contributed by atoms with Crippen LogP contribution in [0.15, 0.2) is 12.1 Å². The molecule has 130 valence electrons. The van der Waals surface area contributed by atoms with E-state index in [4.69, 9.17) is 9.47 Å². The summed E-state index contributed by atoms with van der Waals surface area (Å²) in [5.41, 5.74) is 2.62. The van der Waals surface area contributed by atoms with Crippen LogP contribution in [0.5, 0.6) is 11.5 Å². The van der Waals surface area contributed by atoms with Gasteiger partial charge < -0.3 is 9.47 Å². The molecule has 1 aromatic carbocycles. The monoisotopic (exact) mass is 350 g/mol. The van der Waals surface area contributed by atoms with Crippen molar-refractivity contribution in [2.24, 2.45) is 5.92 Å². The highest BCUT2D eigenvalue weighted by Gasteiger charge is 2.47. The Kier molecular flexibility index (Phi) is 3.18. The van der Waals surface area contributed by atoms with Gasteiger partial charge in [-0.1, -0.05) is 0 Å². The largest absolute Gasteiger partial charge is 0.454 e. The fourth-order valence-electron chi connectivity index (χ4n) is 4.99. The van der Waals surface area contributed by atoms with E-state index in [1.807, 2.05) is 0 Å². The molecule has 0 bridgehead atoms. The van der Waals surface area contributed by atoms with Crippen LogP contribution in [0, 0.1) is 5.92 Å². The fraction of sp³-hybridized carbons (Fsp3) is 0.647. The second-order valence-corrected chi connectivity index (χ2v) is 9.33. The SMILES string of the molecule is CS(=O)(=O)N1CCC2CN3CCc4cc5c(cc4C3CC21)OCO5. The quantitative estimate of drug-likeness (QED) is 0.766. The van der Waals surface area contributed by atoms with Crippen LogP contribution in [-0.2, 0) is 16.4 Å². The molecule has 0 aliphatic carbocycles. The molecule has 0 spiro atoms. The van der Waals surface area contributed by atoms with Crippen LogP contribution in [-0.4, -0.2) is 56.3 Å². The van der Waals surface area contributed by atoms with E-state index in [0.717, 1.165) is 43.9 Å². The molecule has 0 aromatic heterocycles. The van der Waals surface area contributed by atoms with Crippen molar-refractivity contribution in [2.75, 3.05) is 32.7 Å². The summed E-state index contributed by atoms with van der Waals surface area (Å²) in [6.45, 7) is 3.00. The summed E-state index contributed by atoms with van der Waals surface area (Å²) in [5, 5.41) is 0. The summed E-state index contributed by atoms with van der Waals surface area (Å²) < 4.78 is 37.0. The third-order valence-corrected chi connectivity index (χ3v) is 7.40. The zero-order chi connectivity index (χ0) is 16.5. The number of hydrogen-bond acceptors (Lipinski definition) is 5. The van der Waals surface area contributed by atoms with Gasteiger partial charge in [0.15, 0.2) is 11.5 Å². The van der Waals surface area contributed by atoms with Crippen molar-refractivity contribution in [3.63, 3.8) is 0 Å². The highest BCUT2D eigenvalue weighted by molar-refractivity contribution is 7.88. The smallest absolute Gasteiger partial charge is 0.231 e. The summed E-state index contributed by atoms with van der Waals surface area (Å²) in [6, 6.07) is 4.66. The van der Waals surface area contributed by atoms with Gasteiger partial charge in [0.1, 0.15) is 0 Å². The molecule has 0 N–H and O–H groups in total. The minimum absolute atomic E-state index is 0.137. The van der Waals surface area contributed by atoms with Crippen molar-refractivity contribution in [3.8, 4) is 11.5 Å². The van der Waals surface area contributed by atoms with Crippen molar-refractivity contribution in [3.05, 3.63) is 23.3 Å². The lowest BCUT2D eigenvalue weighted by atomic mass is 9.81. The lowest BCUT2D eigenvalue weighted by molar-refractivity contribution is 0.0737. The van der Waals surface area contributed by atoms with Crippen LogP contribution < -0.4 is 9.47 Å². The summed E-state index contributed by atoms with van der Waals surface area (Å²) in [4.78, 5) is 2.54. The van der Waals surface area contributed by atoms with Crippen molar-refractivity contribution in [2.45, 2.75) is 31.3 Å². The highest BCUT2D eigenvalue weighted by atomic mass is 32.2. The Morgan fingerprint density at radius 2 is 1.96 bits per heavy atom. The lowest BCUT2D eigenvalue weighted by Crippen LogP contribution is -2.50. The van der Waals surface area contributed by atoms with E-state index in [1.165, 1.54) is 17.4 Å². The number of nitrogens with zero attached hydrogens (tertiary/aromatic N) is 2. The van der Waals surface area contributed by atoms with Gasteiger partial charge in [-0.3, -0.25) is 4.90 Å². The molecule has 24 heavy (non-hydrogen) atoms. The zero-order valence-electron chi connectivity index (χ0n) is 13.8. The third kappa shape index (κ3) is 2.18. The van der Waals surface area contributed by atoms with E-state index < -0.39 is 10.0 Å². The molecule has 4 heterocycles. The first kappa shape index (κ1) is 15.0. The van der Waals surface area contributed by atoms with Crippen molar-refractivity contribution in [1.29, 1.82) is 0 Å². The van der Waals surface area contributed by atoms with Gasteiger partial charge in [-0.2, -0.15) is 4.31 Å². The van der Waals surface area contributed by atoms with Gasteiger partial charge >= 0.3 is 0 Å². The van der Waals surface area contributed by atoms with E-state index in [0.29, 0.717) is 19.3 Å². The van der Waals surface area contributed by atoms with Crippen molar-refractivity contribution in [1.82, 2.24) is 9.21 Å². The van der Waals surface area contributed by atoms with Gasteiger partial charge in [-0.15, -0.1) is 0 Å². The molecule has 7 heteroatoms. The highest BCUT2D eigenvalue weighted by Crippen LogP contribution is 2.47. The van der Waals surface area contributed by atoms with E-state index in [1.54, 1.807) is 4.31 Å². The maximum Gasteiger partial charge on any atom is 0.231 e. The average Bonchev–Trinajstić information content (AvgIpc) is 3.16. The van der Waals surface area contributed by atoms with Gasteiger partial charge in [0.25, 0.3) is 0 Å². The molecule has 0 amide bonds. The number of hydrogen-bond donors (Lipinski definition) is 0. The van der Waals surface area contributed by atoms with Gasteiger partial charge in [-0.05, 0) is 48.4 Å². The number of rotatable bonds is 1. The van der Waals surface area contributed by atoms with Gasteiger partial charge in [0, 0.05) is 31.7 Å². The van der Waals surface area contributed by atoms with Crippen molar-refractivity contribution >= 4 is 10.0 Å². The predicted octanol–water partition coefficient (Wildman–Crippen LogP) is 1.37. The maximum atomic E-state index is 12.1. The molecule has 1 aromatic rings. The summed E-state index contributed by atoms with van der Waals surface area (Å²) in [7, 11) is -3.13. The molecule has 3 atom stereocenters. The molecule has 4 aliphatic heterocycles. The van der Waals surface area contributed by atoms with E-state index in [2.05, 4.69) is 17.0 Å². The van der Waals surface area contributed by atoms with Gasteiger partial charge in [0.05, 0.1) is 6.26 Å². The Morgan fingerprint density at radius 3 is 2.75 bits per heavy atom. The van der Waals surface area contributed by atoms with Crippen LogP contribution in [0.4, 0.5) is 0 Å². The standard InChI is InChI=1S/C17H22N2O4S/c1-24(20,21)19-5-3-12-9-18-4-2-11-6-16-17(23-10-22-16)7-13(11)15(18)8-14(12)19/h6-7,12,14-15H,2-5,8-10H2,1H3. The summed E-state index contributed by atoms with van der Waals surface area (Å²) in [5.74, 6) is 2.13. The molecular formula is C17H22N2O4S. The van der Waals surface area contributed by atoms with Crippen LogP contribution in [0.3, 0.4) is 0 Å². The number of sulfonamides is 1. The first-order valence-corrected chi connectivity index (χ1v) is 10.5. The Bertz CT molecular complexity index is 794. The van der Waals surface area contributed by atoms with E-state index >= 15 is 0 Å². The van der Waals surface area contributed by atoms with Crippen LogP contribution in [0.25, 0.3) is 0 Å². The van der Waals surface area contributed by atoms with Crippen molar-refractivity contribution < 1.29 is 17.9 Å². The average molecular weight is 350 g/mol. The van der Waals surface area contributed by atoms with E-state index in [9.17, 15) is 8.42 Å². The molecular weight excluding hydrogens is 328 g/mol. The Balaban J connectivity index is 1.51. The fourth-order valence-corrected chi connectivity index (χ4v) is 6.18. The van der Waals surface area contributed by atoms with Gasteiger partial charge in [0.2, 0.25) is 16.8 Å².